The van der Waals surface area contributed by atoms with Crippen molar-refractivity contribution in [2.45, 2.75) is 13.0 Å². The molecule has 0 bridgehead atoms. The molecule has 1 amide bonds. The van der Waals surface area contributed by atoms with Crippen LogP contribution in [0.15, 0.2) is 40.9 Å². The first-order valence-electron chi connectivity index (χ1n) is 7.29. The predicted octanol–water partition coefficient (Wildman–Crippen LogP) is 4.09. The Morgan fingerprint density at radius 3 is 2.88 bits per heavy atom. The number of rotatable bonds is 5. The van der Waals surface area contributed by atoms with Crippen molar-refractivity contribution in [1.82, 2.24) is 5.32 Å². The minimum atomic E-state index is -0.237. The fraction of sp³-hybridized carbons (Fsp3) is 0.235. The van der Waals surface area contributed by atoms with Crippen LogP contribution in [0.4, 0.5) is 0 Å². The molecule has 1 heterocycles. The Morgan fingerprint density at radius 1 is 1.29 bits per heavy atom. The number of amides is 1. The van der Waals surface area contributed by atoms with E-state index in [9.17, 15) is 4.79 Å². The molecule has 1 atom stereocenters. The molecule has 1 aliphatic heterocycles. The zero-order valence-electron chi connectivity index (χ0n) is 12.8. The van der Waals surface area contributed by atoms with Crippen molar-refractivity contribution >= 4 is 33.4 Å². The van der Waals surface area contributed by atoms with E-state index >= 15 is 0 Å². The molecule has 2 aromatic rings. The monoisotopic (exact) mass is 411 g/mol. The van der Waals surface area contributed by atoms with Crippen LogP contribution in [0.5, 0.6) is 17.2 Å². The SMILES string of the molecule is CC(NC(=O)COc1ccc(Br)cc1Cl)c1ccc2c(c1)OCO2. The Kier molecular flexibility index (Phi) is 5.16. The van der Waals surface area contributed by atoms with E-state index in [1.807, 2.05) is 25.1 Å². The molecule has 1 unspecified atom stereocenters. The van der Waals surface area contributed by atoms with Gasteiger partial charge in [-0.05, 0) is 42.8 Å². The van der Waals surface area contributed by atoms with E-state index in [0.717, 1.165) is 10.0 Å². The largest absolute Gasteiger partial charge is 0.482 e. The lowest BCUT2D eigenvalue weighted by Gasteiger charge is -2.15. The fourth-order valence-electron chi connectivity index (χ4n) is 2.28. The average molecular weight is 413 g/mol. The van der Waals surface area contributed by atoms with E-state index in [4.69, 9.17) is 25.8 Å². The van der Waals surface area contributed by atoms with Crippen LogP contribution in [-0.4, -0.2) is 19.3 Å². The quantitative estimate of drug-likeness (QED) is 0.804. The number of carbonyl (C=O) groups excluding carboxylic acids is 1. The second-order valence-corrected chi connectivity index (χ2v) is 6.59. The van der Waals surface area contributed by atoms with E-state index in [-0.39, 0.29) is 25.3 Å². The van der Waals surface area contributed by atoms with E-state index < -0.39 is 0 Å². The zero-order chi connectivity index (χ0) is 17.1. The highest BCUT2D eigenvalue weighted by molar-refractivity contribution is 9.10. The molecule has 5 nitrogen and oxygen atoms in total. The molecule has 2 aromatic carbocycles. The van der Waals surface area contributed by atoms with E-state index in [2.05, 4.69) is 21.2 Å². The Hall–Kier alpha value is -1.92. The van der Waals surface area contributed by atoms with Gasteiger partial charge in [0.05, 0.1) is 11.1 Å². The second kappa shape index (κ2) is 7.32. The zero-order valence-corrected chi connectivity index (χ0v) is 15.2. The lowest BCUT2D eigenvalue weighted by Crippen LogP contribution is -2.31. The first-order chi connectivity index (χ1) is 11.5. The average Bonchev–Trinajstić information content (AvgIpc) is 3.01. The summed E-state index contributed by atoms with van der Waals surface area (Å²) in [6.45, 7) is 2.00. The number of hydrogen-bond donors (Lipinski definition) is 1. The number of halogens is 2. The third-order valence-electron chi connectivity index (χ3n) is 3.53. The van der Waals surface area contributed by atoms with Gasteiger partial charge in [-0.25, -0.2) is 0 Å². The maximum atomic E-state index is 12.1. The summed E-state index contributed by atoms with van der Waals surface area (Å²) in [4.78, 5) is 12.1. The van der Waals surface area contributed by atoms with Gasteiger partial charge >= 0.3 is 0 Å². The Balaban J connectivity index is 1.56. The Morgan fingerprint density at radius 2 is 2.08 bits per heavy atom. The Bertz CT molecular complexity index is 768. The van der Waals surface area contributed by atoms with Crippen LogP contribution in [-0.2, 0) is 4.79 Å². The van der Waals surface area contributed by atoms with Gasteiger partial charge < -0.3 is 19.5 Å². The van der Waals surface area contributed by atoms with Crippen LogP contribution in [0.2, 0.25) is 5.02 Å². The fourth-order valence-corrected chi connectivity index (χ4v) is 3.01. The molecule has 24 heavy (non-hydrogen) atoms. The van der Waals surface area contributed by atoms with Crippen molar-refractivity contribution < 1.29 is 19.0 Å². The number of hydrogen-bond acceptors (Lipinski definition) is 4. The van der Waals surface area contributed by atoms with Gasteiger partial charge in [-0.2, -0.15) is 0 Å². The standard InChI is InChI=1S/C17H15BrClNO4/c1-10(11-2-4-15-16(6-11)24-9-23-15)20-17(21)8-22-14-5-3-12(18)7-13(14)19/h2-7,10H,8-9H2,1H3,(H,20,21). The van der Waals surface area contributed by atoms with E-state index in [0.29, 0.717) is 22.3 Å². The first kappa shape index (κ1) is 16.9. The predicted molar refractivity (Wildman–Crippen MR) is 93.8 cm³/mol. The summed E-state index contributed by atoms with van der Waals surface area (Å²) in [5.41, 5.74) is 0.925. The third-order valence-corrected chi connectivity index (χ3v) is 4.32. The molecule has 1 N–H and O–H groups in total. The molecule has 0 fully saturated rings. The molecule has 3 rings (SSSR count). The molecule has 126 valence electrons. The molecular formula is C17H15BrClNO4. The van der Waals surface area contributed by atoms with Crippen molar-refractivity contribution in [3.63, 3.8) is 0 Å². The van der Waals surface area contributed by atoms with Crippen LogP contribution in [0.1, 0.15) is 18.5 Å². The van der Waals surface area contributed by atoms with Crippen molar-refractivity contribution in [3.8, 4) is 17.2 Å². The molecular weight excluding hydrogens is 398 g/mol. The molecule has 0 saturated heterocycles. The van der Waals surface area contributed by atoms with Crippen molar-refractivity contribution in [2.24, 2.45) is 0 Å². The van der Waals surface area contributed by atoms with Gasteiger partial charge in [0.15, 0.2) is 18.1 Å². The second-order valence-electron chi connectivity index (χ2n) is 5.27. The highest BCUT2D eigenvalue weighted by Crippen LogP contribution is 2.34. The van der Waals surface area contributed by atoms with Gasteiger partial charge in [0.25, 0.3) is 5.91 Å². The van der Waals surface area contributed by atoms with Crippen LogP contribution in [0.3, 0.4) is 0 Å². The molecule has 0 spiro atoms. The lowest BCUT2D eigenvalue weighted by molar-refractivity contribution is -0.123. The summed E-state index contributed by atoms with van der Waals surface area (Å²) in [7, 11) is 0. The van der Waals surface area contributed by atoms with Crippen LogP contribution >= 0.6 is 27.5 Å². The highest BCUT2D eigenvalue weighted by Gasteiger charge is 2.17. The summed E-state index contributed by atoms with van der Waals surface area (Å²) in [5, 5.41) is 3.32. The summed E-state index contributed by atoms with van der Waals surface area (Å²) in [5.74, 6) is 1.63. The molecule has 0 aromatic heterocycles. The van der Waals surface area contributed by atoms with Gasteiger partial charge in [0.1, 0.15) is 5.75 Å². The topological polar surface area (TPSA) is 56.8 Å². The summed E-state index contributed by atoms with van der Waals surface area (Å²) in [6, 6.07) is 10.6. The molecule has 0 saturated carbocycles. The van der Waals surface area contributed by atoms with Gasteiger partial charge in [0.2, 0.25) is 6.79 Å². The normalized spacial score (nSPS) is 13.5. The van der Waals surface area contributed by atoms with Crippen molar-refractivity contribution in [2.75, 3.05) is 13.4 Å². The summed E-state index contributed by atoms with van der Waals surface area (Å²) < 4.78 is 16.9. The number of carbonyl (C=O) groups is 1. The van der Waals surface area contributed by atoms with Gasteiger partial charge in [-0.1, -0.05) is 33.6 Å². The van der Waals surface area contributed by atoms with Gasteiger partial charge in [-0.15, -0.1) is 0 Å². The minimum Gasteiger partial charge on any atom is -0.482 e. The maximum absolute atomic E-state index is 12.1. The first-order valence-corrected chi connectivity index (χ1v) is 8.47. The molecule has 0 aliphatic carbocycles. The number of ether oxygens (including phenoxy) is 3. The van der Waals surface area contributed by atoms with Crippen molar-refractivity contribution in [1.29, 1.82) is 0 Å². The smallest absolute Gasteiger partial charge is 0.258 e. The van der Waals surface area contributed by atoms with E-state index in [1.165, 1.54) is 0 Å². The number of nitrogens with one attached hydrogen (secondary N) is 1. The lowest BCUT2D eigenvalue weighted by atomic mass is 10.1. The number of benzene rings is 2. The molecule has 0 radical (unpaired) electrons. The molecule has 1 aliphatic rings. The third kappa shape index (κ3) is 3.94. The minimum absolute atomic E-state index is 0.115. The van der Waals surface area contributed by atoms with Gasteiger partial charge in [0, 0.05) is 4.47 Å². The number of fused-ring (bicyclic) bond motifs is 1. The molecule has 7 heteroatoms. The van der Waals surface area contributed by atoms with Crippen LogP contribution in [0, 0.1) is 0 Å². The van der Waals surface area contributed by atoms with Gasteiger partial charge in [-0.3, -0.25) is 4.79 Å². The van der Waals surface area contributed by atoms with Crippen LogP contribution in [0.25, 0.3) is 0 Å². The van der Waals surface area contributed by atoms with E-state index in [1.54, 1.807) is 18.2 Å². The van der Waals surface area contributed by atoms with Crippen molar-refractivity contribution in [3.05, 3.63) is 51.5 Å². The van der Waals surface area contributed by atoms with Crippen LogP contribution < -0.4 is 19.5 Å². The maximum Gasteiger partial charge on any atom is 0.258 e. The summed E-state index contributed by atoms with van der Waals surface area (Å²) in [6.07, 6.45) is 0. The summed E-state index contributed by atoms with van der Waals surface area (Å²) >= 11 is 9.37. The Labute approximate surface area is 153 Å². The highest BCUT2D eigenvalue weighted by atomic mass is 79.9.